The molecule has 1 rings (SSSR count). The van der Waals surface area contributed by atoms with Crippen LogP contribution in [0.1, 0.15) is 13.8 Å². The predicted molar refractivity (Wildman–Crippen MR) is 48.3 cm³/mol. The van der Waals surface area contributed by atoms with E-state index in [0.717, 1.165) is 0 Å². The molecule has 0 amide bonds. The van der Waals surface area contributed by atoms with Gasteiger partial charge in [-0.05, 0) is 0 Å². The van der Waals surface area contributed by atoms with Crippen molar-refractivity contribution in [3.05, 3.63) is 12.7 Å². The smallest absolute Gasteiger partial charge is 0.296 e. The van der Waals surface area contributed by atoms with Gasteiger partial charge in [0.2, 0.25) is 0 Å². The van der Waals surface area contributed by atoms with Crippen molar-refractivity contribution in [2.45, 2.75) is 20.0 Å². The van der Waals surface area contributed by atoms with Crippen molar-refractivity contribution in [1.82, 2.24) is 0 Å². The lowest BCUT2D eigenvalue weighted by Gasteiger charge is -2.37. The van der Waals surface area contributed by atoms with Gasteiger partial charge in [0.05, 0.1) is 12.7 Å². The van der Waals surface area contributed by atoms with Gasteiger partial charge >= 0.3 is 6.95 Å². The Morgan fingerprint density at radius 2 is 2.33 bits per heavy atom. The van der Waals surface area contributed by atoms with Crippen LogP contribution < -0.4 is 0 Å². The Morgan fingerprint density at radius 1 is 1.75 bits per heavy atom. The summed E-state index contributed by atoms with van der Waals surface area (Å²) in [6, 6.07) is 0. The van der Waals surface area contributed by atoms with Crippen LogP contribution in [0.4, 0.5) is 0 Å². The molecule has 1 aliphatic heterocycles. The first kappa shape index (κ1) is 10.3. The molecule has 70 valence electrons. The molecular weight excluding hydrogens is 199 g/mol. The van der Waals surface area contributed by atoms with Crippen molar-refractivity contribution in [2.75, 3.05) is 6.61 Å². The Bertz CT molecular complexity index is 239. The van der Waals surface area contributed by atoms with Gasteiger partial charge < -0.3 is 0 Å². The summed E-state index contributed by atoms with van der Waals surface area (Å²) in [5.74, 6) is 0. The number of hydrogen-bond donors (Lipinski definition) is 0. The third-order valence-electron chi connectivity index (χ3n) is 1.81. The molecule has 0 aromatic heterocycles. The molecule has 0 bridgehead atoms. The first-order chi connectivity index (χ1) is 5.37. The molecule has 5 heteroatoms. The van der Waals surface area contributed by atoms with E-state index in [-0.39, 0.29) is 11.5 Å². The lowest BCUT2D eigenvalue weighted by molar-refractivity contribution is 0.00765. The molecule has 1 heterocycles. The lowest BCUT2D eigenvalue weighted by Crippen LogP contribution is -2.37. The number of hydrogen-bond acceptors (Lipinski definition) is 3. The van der Waals surface area contributed by atoms with E-state index in [1.165, 1.54) is 0 Å². The van der Waals surface area contributed by atoms with E-state index in [1.54, 1.807) is 6.08 Å². The van der Waals surface area contributed by atoms with E-state index in [4.69, 9.17) is 20.3 Å². The summed E-state index contributed by atoms with van der Waals surface area (Å²) in [7, 11) is 0. The topological polar surface area (TPSA) is 35.5 Å². The minimum Gasteiger partial charge on any atom is -0.296 e. The third-order valence-corrected chi connectivity index (χ3v) is 3.26. The van der Waals surface area contributed by atoms with Crippen molar-refractivity contribution in [3.8, 4) is 0 Å². The van der Waals surface area contributed by atoms with Gasteiger partial charge in [-0.25, -0.2) is 4.57 Å². The van der Waals surface area contributed by atoms with Crippen molar-refractivity contribution in [3.63, 3.8) is 0 Å². The number of rotatable bonds is 1. The van der Waals surface area contributed by atoms with Gasteiger partial charge in [-0.15, -0.1) is 6.58 Å². The van der Waals surface area contributed by atoms with Gasteiger partial charge in [0.25, 0.3) is 0 Å². The molecule has 1 saturated heterocycles. The van der Waals surface area contributed by atoms with Crippen molar-refractivity contribution in [1.29, 1.82) is 0 Å². The molecule has 0 radical (unpaired) electrons. The van der Waals surface area contributed by atoms with Crippen LogP contribution in [0.25, 0.3) is 0 Å². The summed E-state index contributed by atoms with van der Waals surface area (Å²) in [5, 5.41) is 0. The molecule has 0 aromatic carbocycles. The van der Waals surface area contributed by atoms with Crippen molar-refractivity contribution < 1.29 is 13.6 Å². The van der Waals surface area contributed by atoms with Crippen molar-refractivity contribution in [2.24, 2.45) is 5.41 Å². The standard InChI is InChI=1S/C7H12ClO3P/c1-4-6-7(2,3)5-10-12(8,9)11-6/h4,6H,1,5H2,2-3H3. The predicted octanol–water partition coefficient (Wildman–Crippen LogP) is 2.96. The highest BCUT2D eigenvalue weighted by Gasteiger charge is 2.41. The van der Waals surface area contributed by atoms with Gasteiger partial charge in [0.15, 0.2) is 0 Å². The molecule has 0 saturated carbocycles. The van der Waals surface area contributed by atoms with Gasteiger partial charge in [-0.1, -0.05) is 19.9 Å². The zero-order valence-corrected chi connectivity index (χ0v) is 8.77. The first-order valence-corrected chi connectivity index (χ1v) is 6.07. The van der Waals surface area contributed by atoms with Crippen LogP contribution in [0.2, 0.25) is 0 Å². The highest BCUT2D eigenvalue weighted by molar-refractivity contribution is 7.81. The zero-order valence-electron chi connectivity index (χ0n) is 7.12. The van der Waals surface area contributed by atoms with E-state index in [0.29, 0.717) is 6.61 Å². The Hall–Kier alpha value is 0.180. The fourth-order valence-corrected chi connectivity index (χ4v) is 2.59. The summed E-state index contributed by atoms with van der Waals surface area (Å²) >= 11 is 5.44. The fourth-order valence-electron chi connectivity index (χ4n) is 0.996. The first-order valence-electron chi connectivity index (χ1n) is 3.62. The molecule has 1 fully saturated rings. The molecule has 0 spiro atoms. The van der Waals surface area contributed by atoms with Crippen molar-refractivity contribution >= 4 is 18.2 Å². The summed E-state index contributed by atoms with van der Waals surface area (Å²) < 4.78 is 21.0. The van der Waals surface area contributed by atoms with Crippen LogP contribution in [0.15, 0.2) is 12.7 Å². The van der Waals surface area contributed by atoms with Crippen LogP contribution >= 0.6 is 18.2 Å². The largest absolute Gasteiger partial charge is 0.424 e. The van der Waals surface area contributed by atoms with Gasteiger partial charge in [0.1, 0.15) is 0 Å². The minimum absolute atomic E-state index is 0.218. The zero-order chi connectivity index (χ0) is 9.41. The van der Waals surface area contributed by atoms with Crippen LogP contribution in [-0.2, 0) is 13.6 Å². The molecule has 12 heavy (non-hydrogen) atoms. The molecular formula is C7H12ClO3P. The molecule has 0 aromatic rings. The molecule has 0 N–H and O–H groups in total. The SMILES string of the molecule is C=CC1OP(=O)(Cl)OCC1(C)C. The third kappa shape index (κ3) is 2.11. The van der Waals surface area contributed by atoms with Crippen LogP contribution in [0, 0.1) is 5.41 Å². The van der Waals surface area contributed by atoms with E-state index < -0.39 is 6.95 Å². The Kier molecular flexibility index (Phi) is 2.69. The number of halogens is 1. The highest BCUT2D eigenvalue weighted by atomic mass is 35.7. The van der Waals surface area contributed by atoms with E-state index >= 15 is 0 Å². The Balaban J connectivity index is 2.80. The van der Waals surface area contributed by atoms with E-state index in [9.17, 15) is 4.57 Å². The molecule has 2 atom stereocenters. The Morgan fingerprint density at radius 3 is 2.75 bits per heavy atom. The summed E-state index contributed by atoms with van der Waals surface area (Å²) in [6.07, 6.45) is 1.28. The molecule has 3 nitrogen and oxygen atoms in total. The van der Waals surface area contributed by atoms with Crippen LogP contribution in [-0.4, -0.2) is 12.7 Å². The normalized spacial score (nSPS) is 40.8. The van der Waals surface area contributed by atoms with Gasteiger partial charge in [-0.3, -0.25) is 9.05 Å². The quantitative estimate of drug-likeness (QED) is 0.493. The maximum Gasteiger partial charge on any atom is 0.424 e. The molecule has 2 unspecified atom stereocenters. The second-order valence-corrected chi connectivity index (χ2v) is 6.03. The lowest BCUT2D eigenvalue weighted by atomic mass is 9.88. The monoisotopic (exact) mass is 210 g/mol. The highest BCUT2D eigenvalue weighted by Crippen LogP contribution is 2.60. The maximum atomic E-state index is 11.2. The minimum atomic E-state index is -3.34. The molecule has 0 aliphatic carbocycles. The summed E-state index contributed by atoms with van der Waals surface area (Å²) in [5.41, 5.74) is -0.218. The second-order valence-electron chi connectivity index (χ2n) is 3.45. The van der Waals surface area contributed by atoms with E-state index in [1.807, 2.05) is 13.8 Å². The Labute approximate surface area is 77.0 Å². The van der Waals surface area contributed by atoms with Gasteiger partial charge in [-0.2, -0.15) is 0 Å². The van der Waals surface area contributed by atoms with E-state index in [2.05, 4.69) is 6.58 Å². The summed E-state index contributed by atoms with van der Waals surface area (Å²) in [4.78, 5) is 0. The summed E-state index contributed by atoms with van der Waals surface area (Å²) in [6.45, 7) is 4.45. The molecule has 1 aliphatic rings. The fraction of sp³-hybridized carbons (Fsp3) is 0.714. The van der Waals surface area contributed by atoms with Gasteiger partial charge in [0, 0.05) is 16.7 Å². The average molecular weight is 211 g/mol. The average Bonchev–Trinajstić information content (AvgIpc) is 1.95. The second kappa shape index (κ2) is 3.15. The maximum absolute atomic E-state index is 11.2. The van der Waals surface area contributed by atoms with Crippen LogP contribution in [0.5, 0.6) is 0 Å². The van der Waals surface area contributed by atoms with Crippen LogP contribution in [0.3, 0.4) is 0 Å².